The van der Waals surface area contributed by atoms with Crippen molar-refractivity contribution in [2.75, 3.05) is 0 Å². The molecule has 1 heterocycles. The molecule has 0 bridgehead atoms. The van der Waals surface area contributed by atoms with E-state index in [1.54, 1.807) is 12.3 Å². The highest BCUT2D eigenvalue weighted by Gasteiger charge is 2.25. The largest absolute Gasteiger partial charge is 0.487 e. The van der Waals surface area contributed by atoms with Gasteiger partial charge in [0.25, 0.3) is 0 Å². The minimum Gasteiger partial charge on any atom is -0.487 e. The first-order valence-electron chi connectivity index (χ1n) is 5.42. The second-order valence-corrected chi connectivity index (χ2v) is 4.11. The van der Waals surface area contributed by atoms with E-state index in [9.17, 15) is 0 Å². The average Bonchev–Trinajstić information content (AvgIpc) is 3.03. The van der Waals surface area contributed by atoms with E-state index in [1.807, 2.05) is 13.8 Å². The standard InChI is InChI=1S/C12H14N2O2/c1-8(2)15-12-5-9(6-13)11(7-14-12)16-10-3-4-10/h5,7-8,10H,3-4H2,1-2H3. The number of ether oxygens (including phenoxy) is 2. The Bertz CT molecular complexity index is 420. The average molecular weight is 218 g/mol. The maximum Gasteiger partial charge on any atom is 0.215 e. The van der Waals surface area contributed by atoms with Crippen molar-refractivity contribution >= 4 is 0 Å². The van der Waals surface area contributed by atoms with E-state index in [4.69, 9.17) is 14.7 Å². The normalized spacial score (nSPS) is 14.6. The van der Waals surface area contributed by atoms with E-state index < -0.39 is 0 Å². The molecule has 4 heteroatoms. The van der Waals surface area contributed by atoms with Crippen LogP contribution in [-0.2, 0) is 0 Å². The van der Waals surface area contributed by atoms with Crippen LogP contribution in [0.1, 0.15) is 32.3 Å². The molecular formula is C12H14N2O2. The van der Waals surface area contributed by atoms with Crippen molar-refractivity contribution in [1.82, 2.24) is 4.98 Å². The van der Waals surface area contributed by atoms with Crippen LogP contribution in [0.4, 0.5) is 0 Å². The Hall–Kier alpha value is -1.76. The van der Waals surface area contributed by atoms with Crippen molar-refractivity contribution in [2.45, 2.75) is 38.9 Å². The van der Waals surface area contributed by atoms with Gasteiger partial charge in [0.05, 0.1) is 18.4 Å². The van der Waals surface area contributed by atoms with Gasteiger partial charge in [-0.25, -0.2) is 4.98 Å². The molecule has 2 rings (SSSR count). The third-order valence-electron chi connectivity index (χ3n) is 2.14. The summed E-state index contributed by atoms with van der Waals surface area (Å²) < 4.78 is 11.0. The Balaban J connectivity index is 2.17. The zero-order valence-corrected chi connectivity index (χ0v) is 9.43. The molecule has 0 radical (unpaired) electrons. The lowest BCUT2D eigenvalue weighted by molar-refractivity contribution is 0.231. The SMILES string of the molecule is CC(C)Oc1cc(C#N)c(OC2CC2)cn1. The Labute approximate surface area is 94.8 Å². The summed E-state index contributed by atoms with van der Waals surface area (Å²) >= 11 is 0. The summed E-state index contributed by atoms with van der Waals surface area (Å²) in [4.78, 5) is 4.11. The maximum absolute atomic E-state index is 9.00. The van der Waals surface area contributed by atoms with Crippen LogP contribution in [0.5, 0.6) is 11.6 Å². The first kappa shape index (κ1) is 10.7. The van der Waals surface area contributed by atoms with Crippen LogP contribution in [-0.4, -0.2) is 17.2 Å². The lowest BCUT2D eigenvalue weighted by atomic mass is 10.2. The van der Waals surface area contributed by atoms with Gasteiger partial charge in [0.15, 0.2) is 5.75 Å². The van der Waals surface area contributed by atoms with Gasteiger partial charge in [-0.2, -0.15) is 5.26 Å². The predicted octanol–water partition coefficient (Wildman–Crippen LogP) is 2.28. The molecule has 1 aromatic rings. The number of hydrogen-bond acceptors (Lipinski definition) is 4. The van der Waals surface area contributed by atoms with Crippen molar-refractivity contribution in [1.29, 1.82) is 5.26 Å². The fourth-order valence-corrected chi connectivity index (χ4v) is 1.28. The van der Waals surface area contributed by atoms with Crippen molar-refractivity contribution < 1.29 is 9.47 Å². The summed E-state index contributed by atoms with van der Waals surface area (Å²) in [5.74, 6) is 1.02. The van der Waals surface area contributed by atoms with Crippen LogP contribution in [0, 0.1) is 11.3 Å². The Kier molecular flexibility index (Phi) is 2.95. The summed E-state index contributed by atoms with van der Waals surface area (Å²) in [5, 5.41) is 9.00. The first-order chi connectivity index (χ1) is 7.69. The Morgan fingerprint density at radius 3 is 2.81 bits per heavy atom. The molecule has 0 amide bonds. The topological polar surface area (TPSA) is 55.1 Å². The summed E-state index contributed by atoms with van der Waals surface area (Å²) in [6.45, 7) is 3.84. The molecule has 1 aromatic heterocycles. The van der Waals surface area contributed by atoms with Gasteiger partial charge < -0.3 is 9.47 Å². The van der Waals surface area contributed by atoms with Crippen LogP contribution in [0.15, 0.2) is 12.3 Å². The van der Waals surface area contributed by atoms with E-state index in [0.29, 0.717) is 17.2 Å². The van der Waals surface area contributed by atoms with Crippen LogP contribution in [0.2, 0.25) is 0 Å². The molecule has 0 aromatic carbocycles. The molecule has 0 atom stereocenters. The van der Waals surface area contributed by atoms with Crippen molar-refractivity contribution in [3.05, 3.63) is 17.8 Å². The van der Waals surface area contributed by atoms with E-state index >= 15 is 0 Å². The van der Waals surface area contributed by atoms with Crippen molar-refractivity contribution in [2.24, 2.45) is 0 Å². The van der Waals surface area contributed by atoms with Gasteiger partial charge in [0, 0.05) is 6.07 Å². The lowest BCUT2D eigenvalue weighted by Gasteiger charge is -2.10. The van der Waals surface area contributed by atoms with Gasteiger partial charge in [0.1, 0.15) is 11.6 Å². The van der Waals surface area contributed by atoms with Crippen LogP contribution < -0.4 is 9.47 Å². The molecular weight excluding hydrogens is 204 g/mol. The van der Waals surface area contributed by atoms with Gasteiger partial charge in [-0.3, -0.25) is 0 Å². The number of nitriles is 1. The van der Waals surface area contributed by atoms with E-state index in [0.717, 1.165) is 12.8 Å². The molecule has 0 unspecified atom stereocenters. The highest BCUT2D eigenvalue weighted by atomic mass is 16.5. The quantitative estimate of drug-likeness (QED) is 0.778. The number of hydrogen-bond donors (Lipinski definition) is 0. The van der Waals surface area contributed by atoms with Crippen molar-refractivity contribution in [3.63, 3.8) is 0 Å². The zero-order chi connectivity index (χ0) is 11.5. The second kappa shape index (κ2) is 4.40. The predicted molar refractivity (Wildman–Crippen MR) is 58.4 cm³/mol. The molecule has 1 aliphatic rings. The van der Waals surface area contributed by atoms with E-state index in [2.05, 4.69) is 11.1 Å². The molecule has 0 N–H and O–H groups in total. The third kappa shape index (κ3) is 2.63. The molecule has 1 saturated carbocycles. The minimum absolute atomic E-state index is 0.0502. The number of rotatable bonds is 4. The molecule has 1 aliphatic carbocycles. The highest BCUT2D eigenvalue weighted by molar-refractivity contribution is 5.44. The smallest absolute Gasteiger partial charge is 0.215 e. The van der Waals surface area contributed by atoms with Gasteiger partial charge in [-0.05, 0) is 26.7 Å². The fourth-order valence-electron chi connectivity index (χ4n) is 1.28. The van der Waals surface area contributed by atoms with E-state index in [1.165, 1.54) is 0 Å². The lowest BCUT2D eigenvalue weighted by Crippen LogP contribution is -2.07. The molecule has 0 aliphatic heterocycles. The van der Waals surface area contributed by atoms with Crippen LogP contribution >= 0.6 is 0 Å². The van der Waals surface area contributed by atoms with Gasteiger partial charge in [-0.15, -0.1) is 0 Å². The van der Waals surface area contributed by atoms with E-state index in [-0.39, 0.29) is 12.2 Å². The van der Waals surface area contributed by atoms with Crippen molar-refractivity contribution in [3.8, 4) is 17.7 Å². The number of aromatic nitrogens is 1. The molecule has 0 spiro atoms. The minimum atomic E-state index is 0.0502. The van der Waals surface area contributed by atoms with Gasteiger partial charge in [-0.1, -0.05) is 0 Å². The maximum atomic E-state index is 9.00. The van der Waals surface area contributed by atoms with Gasteiger partial charge in [0.2, 0.25) is 5.88 Å². The summed E-state index contributed by atoms with van der Waals surface area (Å²) in [6.07, 6.45) is 4.01. The molecule has 16 heavy (non-hydrogen) atoms. The number of pyridine rings is 1. The Morgan fingerprint density at radius 2 is 2.25 bits per heavy atom. The fraction of sp³-hybridized carbons (Fsp3) is 0.500. The number of nitrogens with zero attached hydrogens (tertiary/aromatic N) is 2. The second-order valence-electron chi connectivity index (χ2n) is 4.11. The molecule has 1 fully saturated rings. The van der Waals surface area contributed by atoms with Gasteiger partial charge >= 0.3 is 0 Å². The monoisotopic (exact) mass is 218 g/mol. The summed E-state index contributed by atoms with van der Waals surface area (Å²) in [5.41, 5.74) is 0.484. The summed E-state index contributed by atoms with van der Waals surface area (Å²) in [7, 11) is 0. The molecule has 0 saturated heterocycles. The zero-order valence-electron chi connectivity index (χ0n) is 9.43. The Morgan fingerprint density at radius 1 is 1.50 bits per heavy atom. The van der Waals surface area contributed by atoms with Crippen LogP contribution in [0.25, 0.3) is 0 Å². The first-order valence-corrected chi connectivity index (χ1v) is 5.42. The molecule has 4 nitrogen and oxygen atoms in total. The molecule has 84 valence electrons. The third-order valence-corrected chi connectivity index (χ3v) is 2.14. The summed E-state index contributed by atoms with van der Waals surface area (Å²) in [6, 6.07) is 3.72. The highest BCUT2D eigenvalue weighted by Crippen LogP contribution is 2.29. The van der Waals surface area contributed by atoms with Crippen LogP contribution in [0.3, 0.4) is 0 Å².